The molecule has 0 spiro atoms. The van der Waals surface area contributed by atoms with Gasteiger partial charge in [0.05, 0.1) is 11.6 Å². The lowest BCUT2D eigenvalue weighted by Crippen LogP contribution is -2.27. The van der Waals surface area contributed by atoms with Crippen molar-refractivity contribution in [3.8, 4) is 0 Å². The number of ketones is 1. The minimum absolute atomic E-state index is 0.100. The van der Waals surface area contributed by atoms with Crippen LogP contribution in [-0.2, 0) is 4.79 Å². The highest BCUT2D eigenvalue weighted by Crippen LogP contribution is 2.47. The van der Waals surface area contributed by atoms with E-state index in [-0.39, 0.29) is 11.8 Å². The van der Waals surface area contributed by atoms with Crippen LogP contribution in [0.4, 0.5) is 5.69 Å². The Morgan fingerprint density at radius 3 is 2.88 bits per heavy atom. The lowest BCUT2D eigenvalue weighted by molar-refractivity contribution is -0.116. The fraction of sp³-hybridized carbons (Fsp3) is 0.182. The Morgan fingerprint density at radius 1 is 1.08 bits per heavy atom. The van der Waals surface area contributed by atoms with E-state index in [9.17, 15) is 4.79 Å². The maximum atomic E-state index is 12.9. The summed E-state index contributed by atoms with van der Waals surface area (Å²) in [5.41, 5.74) is 6.45. The number of benzene rings is 2. The highest BCUT2D eigenvalue weighted by Gasteiger charge is 2.34. The average Bonchev–Trinajstić information content (AvgIpc) is 2.67. The Labute approximate surface area is 160 Å². The van der Waals surface area contributed by atoms with Crippen LogP contribution >= 0.6 is 15.9 Å². The molecule has 1 aromatic heterocycles. The number of aromatic nitrogens is 1. The van der Waals surface area contributed by atoms with Gasteiger partial charge in [0.15, 0.2) is 5.78 Å². The second kappa shape index (κ2) is 6.06. The molecule has 0 unspecified atom stereocenters. The number of rotatable bonds is 1. The Kier molecular flexibility index (Phi) is 3.68. The molecular weight excluding hydrogens is 388 g/mol. The van der Waals surface area contributed by atoms with Crippen molar-refractivity contribution < 1.29 is 4.79 Å². The molecule has 0 saturated carbocycles. The maximum absolute atomic E-state index is 12.9. The van der Waals surface area contributed by atoms with E-state index >= 15 is 0 Å². The lowest BCUT2D eigenvalue weighted by Gasteiger charge is -2.35. The Balaban J connectivity index is 1.79. The predicted octanol–water partition coefficient (Wildman–Crippen LogP) is 5.67. The van der Waals surface area contributed by atoms with Gasteiger partial charge in [-0.1, -0.05) is 34.1 Å². The molecule has 26 heavy (non-hydrogen) atoms. The second-order valence-corrected chi connectivity index (χ2v) is 7.78. The molecule has 0 fully saturated rings. The van der Waals surface area contributed by atoms with E-state index in [4.69, 9.17) is 0 Å². The number of hydrogen-bond acceptors (Lipinski definition) is 3. The highest BCUT2D eigenvalue weighted by atomic mass is 79.9. The van der Waals surface area contributed by atoms with Crippen LogP contribution in [0.5, 0.6) is 0 Å². The van der Waals surface area contributed by atoms with Gasteiger partial charge in [-0.3, -0.25) is 9.78 Å². The topological polar surface area (TPSA) is 42.0 Å². The smallest absolute Gasteiger partial charge is 0.161 e. The van der Waals surface area contributed by atoms with Gasteiger partial charge in [0.2, 0.25) is 0 Å². The molecule has 0 bridgehead atoms. The third-order valence-electron chi connectivity index (χ3n) is 5.31. The van der Waals surface area contributed by atoms with Crippen LogP contribution < -0.4 is 5.32 Å². The van der Waals surface area contributed by atoms with Crippen molar-refractivity contribution in [3.05, 3.63) is 75.9 Å². The molecule has 128 valence electrons. The van der Waals surface area contributed by atoms with Crippen molar-refractivity contribution in [2.45, 2.75) is 25.3 Å². The monoisotopic (exact) mass is 404 g/mol. The Hall–Kier alpha value is -2.46. The summed E-state index contributed by atoms with van der Waals surface area (Å²) < 4.78 is 1.02. The molecular formula is C22H17BrN2O. The van der Waals surface area contributed by atoms with Crippen LogP contribution in [0, 0.1) is 0 Å². The lowest BCUT2D eigenvalue weighted by atomic mass is 9.77. The van der Waals surface area contributed by atoms with Crippen LogP contribution in [0.25, 0.3) is 16.5 Å². The number of nitrogens with zero attached hydrogens (tertiary/aromatic N) is 1. The third-order valence-corrected chi connectivity index (χ3v) is 5.81. The zero-order valence-electron chi connectivity index (χ0n) is 14.1. The summed E-state index contributed by atoms with van der Waals surface area (Å²) in [6.45, 7) is 0. The summed E-state index contributed by atoms with van der Waals surface area (Å²) in [6, 6.07) is 16.3. The van der Waals surface area contributed by atoms with E-state index in [2.05, 4.69) is 56.6 Å². The first kappa shape index (κ1) is 15.8. The van der Waals surface area contributed by atoms with E-state index in [1.54, 1.807) is 0 Å². The maximum Gasteiger partial charge on any atom is 0.161 e. The van der Waals surface area contributed by atoms with Crippen molar-refractivity contribution in [3.63, 3.8) is 0 Å². The van der Waals surface area contributed by atoms with Gasteiger partial charge < -0.3 is 5.32 Å². The van der Waals surface area contributed by atoms with Crippen molar-refractivity contribution in [1.29, 1.82) is 0 Å². The standard InChI is InChI=1S/C22H17BrN2O/c23-14-5-1-4-13(12-14)22-21-16(6-2-8-19(21)26)20-15-7-3-11-24-17(15)9-10-18(20)25-22/h1,3-5,7,9-12,22,25H,2,6,8H2/t22-/m0/s1. The van der Waals surface area contributed by atoms with Gasteiger partial charge in [0.25, 0.3) is 0 Å². The fourth-order valence-electron chi connectivity index (χ4n) is 4.22. The number of nitrogens with one attached hydrogen (secondary N) is 1. The quantitative estimate of drug-likeness (QED) is 0.567. The molecule has 2 heterocycles. The minimum Gasteiger partial charge on any atom is -0.373 e. The number of anilines is 1. The van der Waals surface area contributed by atoms with Gasteiger partial charge in [0, 0.05) is 39.3 Å². The molecule has 3 aromatic rings. The number of allylic oxidation sites excluding steroid dienone is 1. The summed E-state index contributed by atoms with van der Waals surface area (Å²) >= 11 is 3.56. The molecule has 0 saturated heterocycles. The van der Waals surface area contributed by atoms with Crippen LogP contribution in [-0.4, -0.2) is 10.8 Å². The molecule has 2 aromatic carbocycles. The zero-order valence-corrected chi connectivity index (χ0v) is 15.7. The highest BCUT2D eigenvalue weighted by molar-refractivity contribution is 9.10. The predicted molar refractivity (Wildman–Crippen MR) is 108 cm³/mol. The normalized spacial score (nSPS) is 19.1. The molecule has 1 N–H and O–H groups in total. The van der Waals surface area contributed by atoms with Crippen molar-refractivity contribution in [2.24, 2.45) is 0 Å². The Bertz CT molecular complexity index is 1090. The third kappa shape index (κ3) is 2.40. The van der Waals surface area contributed by atoms with Crippen LogP contribution in [0.15, 0.2) is 64.8 Å². The van der Waals surface area contributed by atoms with Crippen molar-refractivity contribution in [2.75, 3.05) is 5.32 Å². The molecule has 4 heteroatoms. The van der Waals surface area contributed by atoms with Gasteiger partial charge in [-0.15, -0.1) is 0 Å². The molecule has 0 amide bonds. The molecule has 5 rings (SSSR count). The zero-order chi connectivity index (χ0) is 17.7. The summed E-state index contributed by atoms with van der Waals surface area (Å²) in [7, 11) is 0. The number of carbonyl (C=O) groups excluding carboxylic acids is 1. The summed E-state index contributed by atoms with van der Waals surface area (Å²) in [4.78, 5) is 17.4. The van der Waals surface area contributed by atoms with Crippen molar-refractivity contribution in [1.82, 2.24) is 4.98 Å². The summed E-state index contributed by atoms with van der Waals surface area (Å²) in [5, 5.41) is 4.75. The van der Waals surface area contributed by atoms with Gasteiger partial charge in [-0.05, 0) is 54.3 Å². The second-order valence-electron chi connectivity index (χ2n) is 6.86. The van der Waals surface area contributed by atoms with Crippen LogP contribution in [0.3, 0.4) is 0 Å². The van der Waals surface area contributed by atoms with E-state index in [0.717, 1.165) is 50.6 Å². The molecule has 1 atom stereocenters. The van der Waals surface area contributed by atoms with Gasteiger partial charge in [0.1, 0.15) is 0 Å². The first-order valence-corrected chi connectivity index (χ1v) is 9.68. The number of pyridine rings is 1. The van der Waals surface area contributed by atoms with Gasteiger partial charge in [-0.25, -0.2) is 0 Å². The SMILES string of the molecule is O=C1CCCC2=C1[C@H](c1cccc(Br)c1)Nc1ccc3ncccc3c12. The molecule has 1 aliphatic carbocycles. The molecule has 1 aliphatic heterocycles. The van der Waals surface area contributed by atoms with E-state index < -0.39 is 0 Å². The first-order chi connectivity index (χ1) is 12.7. The van der Waals surface area contributed by atoms with Gasteiger partial charge >= 0.3 is 0 Å². The van der Waals surface area contributed by atoms with E-state index in [1.165, 1.54) is 5.57 Å². The van der Waals surface area contributed by atoms with Gasteiger partial charge in [-0.2, -0.15) is 0 Å². The largest absolute Gasteiger partial charge is 0.373 e. The summed E-state index contributed by atoms with van der Waals surface area (Å²) in [5.74, 6) is 0.260. The molecule has 3 nitrogen and oxygen atoms in total. The van der Waals surface area contributed by atoms with E-state index in [1.807, 2.05) is 24.4 Å². The number of Topliss-reactive ketones (excluding diaryl/α,β-unsaturated/α-hetero) is 1. The molecule has 0 radical (unpaired) electrons. The van der Waals surface area contributed by atoms with Crippen molar-refractivity contribution >= 4 is 43.9 Å². The number of halogens is 1. The first-order valence-electron chi connectivity index (χ1n) is 8.89. The van der Waals surface area contributed by atoms with Crippen LogP contribution in [0.1, 0.15) is 36.4 Å². The number of carbonyl (C=O) groups is 1. The number of hydrogen-bond donors (Lipinski definition) is 1. The average molecular weight is 405 g/mol. The fourth-order valence-corrected chi connectivity index (χ4v) is 4.64. The Morgan fingerprint density at radius 2 is 2.00 bits per heavy atom. The summed E-state index contributed by atoms with van der Waals surface area (Å²) in [6.07, 6.45) is 4.30. The minimum atomic E-state index is -0.100. The number of fused-ring (bicyclic) bond motifs is 4. The van der Waals surface area contributed by atoms with Crippen LogP contribution in [0.2, 0.25) is 0 Å². The molecule has 2 aliphatic rings. The van der Waals surface area contributed by atoms with E-state index in [0.29, 0.717) is 6.42 Å².